The van der Waals surface area contributed by atoms with E-state index in [1.807, 2.05) is 0 Å². The molecule has 0 aromatic carbocycles. The van der Waals surface area contributed by atoms with Crippen molar-refractivity contribution in [3.63, 3.8) is 0 Å². The van der Waals surface area contributed by atoms with Gasteiger partial charge in [0.1, 0.15) is 0 Å². The molecule has 0 saturated heterocycles. The smallest absolute Gasteiger partial charge is 0.414 e. The molecule has 100 valence electrons. The van der Waals surface area contributed by atoms with E-state index in [1.165, 1.54) is 19.3 Å². The Morgan fingerprint density at radius 2 is 1.41 bits per heavy atom. The fourth-order valence-corrected chi connectivity index (χ4v) is 1.00. The van der Waals surface area contributed by atoms with Crippen LogP contribution in [0.2, 0.25) is 0 Å². The van der Waals surface area contributed by atoms with Gasteiger partial charge in [-0.2, -0.15) is 0 Å². The Bertz CT molecular complexity index is 236. The summed E-state index contributed by atoms with van der Waals surface area (Å²) in [6.07, 6.45) is 5.50. The highest BCUT2D eigenvalue weighted by molar-refractivity contribution is 6.27. The minimum atomic E-state index is -1.82. The van der Waals surface area contributed by atoms with Crippen molar-refractivity contribution in [3.8, 4) is 0 Å². The van der Waals surface area contributed by atoms with Gasteiger partial charge >= 0.3 is 17.9 Å². The van der Waals surface area contributed by atoms with Crippen LogP contribution in [-0.2, 0) is 14.4 Å². The van der Waals surface area contributed by atoms with Crippen LogP contribution in [0.25, 0.3) is 0 Å². The van der Waals surface area contributed by atoms with Gasteiger partial charge in [-0.05, 0) is 6.42 Å². The number of aliphatic carboxylic acids is 3. The second-order valence-corrected chi connectivity index (χ2v) is 3.70. The van der Waals surface area contributed by atoms with Crippen molar-refractivity contribution in [2.45, 2.75) is 46.0 Å². The predicted octanol–water partition coefficient (Wildman–Crippen LogP) is 1.83. The molecule has 0 heterocycles. The Kier molecular flexibility index (Phi) is 11.4. The molecule has 0 radical (unpaired) electrons. The van der Waals surface area contributed by atoms with E-state index in [0.29, 0.717) is 0 Å². The van der Waals surface area contributed by atoms with Crippen LogP contribution in [-0.4, -0.2) is 33.2 Å². The minimum absolute atomic E-state index is 0.160. The first-order valence-electron chi connectivity index (χ1n) is 5.51. The van der Waals surface area contributed by atoms with Gasteiger partial charge in [0.2, 0.25) is 0 Å². The van der Waals surface area contributed by atoms with Crippen molar-refractivity contribution in [3.05, 3.63) is 0 Å². The van der Waals surface area contributed by atoms with Gasteiger partial charge in [-0.1, -0.05) is 39.5 Å². The van der Waals surface area contributed by atoms with Gasteiger partial charge in [0.05, 0.1) is 5.92 Å². The highest BCUT2D eigenvalue weighted by atomic mass is 16.4. The third-order valence-corrected chi connectivity index (χ3v) is 2.10. The van der Waals surface area contributed by atoms with Gasteiger partial charge in [0, 0.05) is 0 Å². The van der Waals surface area contributed by atoms with E-state index in [0.717, 1.165) is 12.8 Å². The normalized spacial score (nSPS) is 10.9. The molecule has 0 bridgehead atoms. The average molecular weight is 248 g/mol. The number of rotatable bonds is 6. The lowest BCUT2D eigenvalue weighted by molar-refractivity contribution is -0.159. The van der Waals surface area contributed by atoms with Crippen molar-refractivity contribution >= 4 is 17.9 Å². The summed E-state index contributed by atoms with van der Waals surface area (Å²) in [4.78, 5) is 28.6. The number of carboxylic acid groups (broad SMARTS) is 3. The quantitative estimate of drug-likeness (QED) is 0.488. The standard InChI is InChI=1S/C9H18O2.C2H2O4/c1-3-4-5-6-7-8(2)9(10)11;3-1(4)2(5)6/h8H,3-7H2,1-2H3,(H,10,11);(H,3,4)(H,5,6). The topological polar surface area (TPSA) is 112 Å². The Morgan fingerprint density at radius 1 is 0.941 bits per heavy atom. The van der Waals surface area contributed by atoms with Gasteiger partial charge in [-0.15, -0.1) is 0 Å². The van der Waals surface area contributed by atoms with Crippen molar-refractivity contribution in [2.75, 3.05) is 0 Å². The molecule has 0 fully saturated rings. The number of hydrogen-bond acceptors (Lipinski definition) is 3. The van der Waals surface area contributed by atoms with Gasteiger partial charge in [-0.3, -0.25) is 4.79 Å². The largest absolute Gasteiger partial charge is 0.481 e. The van der Waals surface area contributed by atoms with Crippen molar-refractivity contribution < 1.29 is 29.7 Å². The fraction of sp³-hybridized carbons (Fsp3) is 0.727. The maximum Gasteiger partial charge on any atom is 0.414 e. The Hall–Kier alpha value is -1.59. The monoisotopic (exact) mass is 248 g/mol. The van der Waals surface area contributed by atoms with E-state index in [-0.39, 0.29) is 5.92 Å². The molecule has 0 aliphatic carbocycles. The van der Waals surface area contributed by atoms with Crippen molar-refractivity contribution in [2.24, 2.45) is 5.92 Å². The molecule has 0 aromatic rings. The summed E-state index contributed by atoms with van der Waals surface area (Å²) in [6, 6.07) is 0. The summed E-state index contributed by atoms with van der Waals surface area (Å²) >= 11 is 0. The van der Waals surface area contributed by atoms with Gasteiger partial charge in [0.15, 0.2) is 0 Å². The van der Waals surface area contributed by atoms with Crippen molar-refractivity contribution in [1.29, 1.82) is 0 Å². The minimum Gasteiger partial charge on any atom is -0.481 e. The molecule has 6 nitrogen and oxygen atoms in total. The molecule has 0 spiro atoms. The molecule has 0 saturated carbocycles. The molecule has 0 aromatic heterocycles. The third-order valence-electron chi connectivity index (χ3n) is 2.10. The molecule has 1 atom stereocenters. The Morgan fingerprint density at radius 3 is 1.71 bits per heavy atom. The molecular formula is C11H20O6. The number of unbranched alkanes of at least 4 members (excludes halogenated alkanes) is 3. The van der Waals surface area contributed by atoms with E-state index < -0.39 is 17.9 Å². The SMILES string of the molecule is CCCCCCC(C)C(=O)O.O=C(O)C(=O)O. The lowest BCUT2D eigenvalue weighted by atomic mass is 10.0. The zero-order chi connectivity index (χ0) is 13.8. The summed E-state index contributed by atoms with van der Waals surface area (Å²) in [6.45, 7) is 3.93. The van der Waals surface area contributed by atoms with E-state index in [9.17, 15) is 4.79 Å². The lowest BCUT2D eigenvalue weighted by Gasteiger charge is -2.04. The second-order valence-electron chi connectivity index (χ2n) is 3.70. The predicted molar refractivity (Wildman–Crippen MR) is 60.8 cm³/mol. The fourth-order valence-electron chi connectivity index (χ4n) is 1.00. The summed E-state index contributed by atoms with van der Waals surface area (Å²) in [5, 5.41) is 23.3. The number of hydrogen-bond donors (Lipinski definition) is 3. The van der Waals surface area contributed by atoms with Crippen LogP contribution in [0.3, 0.4) is 0 Å². The first kappa shape index (κ1) is 17.8. The molecule has 17 heavy (non-hydrogen) atoms. The Balaban J connectivity index is 0. The molecule has 0 aliphatic rings. The maximum absolute atomic E-state index is 10.4. The van der Waals surface area contributed by atoms with Crippen LogP contribution in [0.15, 0.2) is 0 Å². The van der Waals surface area contributed by atoms with Crippen LogP contribution in [0.5, 0.6) is 0 Å². The van der Waals surface area contributed by atoms with Crippen LogP contribution >= 0.6 is 0 Å². The average Bonchev–Trinajstić information content (AvgIpc) is 2.24. The zero-order valence-corrected chi connectivity index (χ0v) is 10.2. The van der Waals surface area contributed by atoms with Gasteiger partial charge in [0.25, 0.3) is 0 Å². The molecule has 6 heteroatoms. The van der Waals surface area contributed by atoms with Crippen LogP contribution in [0.1, 0.15) is 46.0 Å². The van der Waals surface area contributed by atoms with Crippen molar-refractivity contribution in [1.82, 2.24) is 0 Å². The summed E-state index contributed by atoms with van der Waals surface area (Å²) < 4.78 is 0. The van der Waals surface area contributed by atoms with Crippen LogP contribution in [0.4, 0.5) is 0 Å². The third kappa shape index (κ3) is 14.4. The Labute approximate surface area is 100 Å². The van der Waals surface area contributed by atoms with E-state index >= 15 is 0 Å². The first-order chi connectivity index (χ1) is 7.82. The molecule has 1 unspecified atom stereocenters. The van der Waals surface area contributed by atoms with Crippen LogP contribution in [0, 0.1) is 5.92 Å². The highest BCUT2D eigenvalue weighted by Crippen LogP contribution is 2.09. The first-order valence-corrected chi connectivity index (χ1v) is 5.51. The van der Waals surface area contributed by atoms with E-state index in [1.54, 1.807) is 6.92 Å². The highest BCUT2D eigenvalue weighted by Gasteiger charge is 2.08. The van der Waals surface area contributed by atoms with Gasteiger partial charge < -0.3 is 15.3 Å². The molecule has 0 aliphatic heterocycles. The number of carboxylic acids is 3. The zero-order valence-electron chi connectivity index (χ0n) is 10.2. The summed E-state index contributed by atoms with van der Waals surface area (Å²) in [7, 11) is 0. The van der Waals surface area contributed by atoms with E-state index in [4.69, 9.17) is 24.9 Å². The van der Waals surface area contributed by atoms with E-state index in [2.05, 4.69) is 6.92 Å². The lowest BCUT2D eigenvalue weighted by Crippen LogP contribution is -2.09. The molecule has 3 N–H and O–H groups in total. The second kappa shape index (κ2) is 10.9. The summed E-state index contributed by atoms with van der Waals surface area (Å²) in [5.41, 5.74) is 0. The van der Waals surface area contributed by atoms with Gasteiger partial charge in [-0.25, -0.2) is 9.59 Å². The summed E-state index contributed by atoms with van der Waals surface area (Å²) in [5.74, 6) is -4.47. The molecular weight excluding hydrogens is 228 g/mol. The molecule has 0 rings (SSSR count). The number of carbonyl (C=O) groups is 3. The van der Waals surface area contributed by atoms with Crippen LogP contribution < -0.4 is 0 Å². The maximum atomic E-state index is 10.4. The molecule has 0 amide bonds.